The quantitative estimate of drug-likeness (QED) is 0.676. The molecule has 0 aromatic heterocycles. The number of hydrogen-bond acceptors (Lipinski definition) is 2. The van der Waals surface area contributed by atoms with Gasteiger partial charge in [0.15, 0.2) is 0 Å². The van der Waals surface area contributed by atoms with Crippen molar-refractivity contribution in [1.82, 2.24) is 5.32 Å². The van der Waals surface area contributed by atoms with Gasteiger partial charge in [-0.05, 0) is 57.0 Å². The smallest absolute Gasteiger partial charge is 0.118 e. The van der Waals surface area contributed by atoms with Crippen molar-refractivity contribution in [2.24, 2.45) is 5.41 Å². The summed E-state index contributed by atoms with van der Waals surface area (Å²) in [6, 6.07) is 0. The van der Waals surface area contributed by atoms with E-state index in [0.29, 0.717) is 18.3 Å². The van der Waals surface area contributed by atoms with Gasteiger partial charge >= 0.3 is 0 Å². The normalized spacial score (nSPS) is 30.4. The van der Waals surface area contributed by atoms with Crippen LogP contribution in [0, 0.1) is 5.41 Å². The van der Waals surface area contributed by atoms with Gasteiger partial charge in [0.2, 0.25) is 0 Å². The van der Waals surface area contributed by atoms with Gasteiger partial charge in [0.25, 0.3) is 0 Å². The number of nitrogens with one attached hydrogen (secondary N) is 1. The van der Waals surface area contributed by atoms with Crippen LogP contribution in [0.5, 0.6) is 0 Å². The lowest BCUT2D eigenvalue weighted by molar-refractivity contribution is -0.0565. The first-order chi connectivity index (χ1) is 6.68. The Balaban J connectivity index is 1.93. The van der Waals surface area contributed by atoms with Crippen LogP contribution in [0.15, 0.2) is 0 Å². The maximum absolute atomic E-state index is 12.6. The van der Waals surface area contributed by atoms with E-state index in [4.69, 9.17) is 0 Å². The van der Waals surface area contributed by atoms with Crippen LogP contribution in [0.3, 0.4) is 0 Å². The first kappa shape index (κ1) is 10.4. The predicted molar refractivity (Wildman–Crippen MR) is 53.9 cm³/mol. The van der Waals surface area contributed by atoms with Crippen LogP contribution >= 0.6 is 0 Å². The maximum Gasteiger partial charge on any atom is 0.118 e. The highest BCUT2D eigenvalue weighted by Crippen LogP contribution is 2.46. The zero-order valence-electron chi connectivity index (χ0n) is 8.69. The Kier molecular flexibility index (Phi) is 2.80. The van der Waals surface area contributed by atoms with Crippen molar-refractivity contribution in [3.8, 4) is 0 Å². The van der Waals surface area contributed by atoms with Crippen LogP contribution in [-0.4, -0.2) is 30.5 Å². The molecule has 0 atom stereocenters. The Labute approximate surface area is 84.9 Å². The number of hydrogen-bond donors (Lipinski definition) is 2. The van der Waals surface area contributed by atoms with Gasteiger partial charge in [-0.15, -0.1) is 0 Å². The third-order valence-corrected chi connectivity index (χ3v) is 4.15. The molecule has 82 valence electrons. The molecular weight excluding hydrogens is 181 g/mol. The minimum Gasteiger partial charge on any atom is -0.387 e. The van der Waals surface area contributed by atoms with Crippen molar-refractivity contribution < 1.29 is 9.50 Å². The van der Waals surface area contributed by atoms with E-state index in [1.54, 1.807) is 0 Å². The molecule has 1 aliphatic carbocycles. The molecule has 1 saturated carbocycles. The fourth-order valence-corrected chi connectivity index (χ4v) is 2.84. The Bertz CT molecular complexity index is 191. The van der Waals surface area contributed by atoms with Crippen LogP contribution in [0.2, 0.25) is 0 Å². The number of alkyl halides is 1. The van der Waals surface area contributed by atoms with E-state index in [9.17, 15) is 9.50 Å². The molecule has 2 fully saturated rings. The highest BCUT2D eigenvalue weighted by atomic mass is 19.1. The van der Waals surface area contributed by atoms with E-state index >= 15 is 0 Å². The third-order valence-electron chi connectivity index (χ3n) is 4.15. The molecule has 1 aliphatic heterocycles. The Hall–Kier alpha value is -0.150. The SMILES string of the molecule is OC1(CF)CCC2(CCNCC2)CC1. The standard InChI is InChI=1S/C11H20FNO/c12-9-11(14)3-1-10(2-4-11)5-7-13-8-6-10/h13-14H,1-9H2. The number of halogens is 1. The first-order valence-electron chi connectivity index (χ1n) is 5.67. The maximum atomic E-state index is 12.6. The molecule has 0 amide bonds. The number of aliphatic hydroxyl groups is 1. The predicted octanol–water partition coefficient (Wildman–Crippen LogP) is 1.63. The molecule has 0 radical (unpaired) electrons. The second kappa shape index (κ2) is 3.78. The fourth-order valence-electron chi connectivity index (χ4n) is 2.84. The van der Waals surface area contributed by atoms with E-state index < -0.39 is 12.3 Å². The summed E-state index contributed by atoms with van der Waals surface area (Å²) in [7, 11) is 0. The lowest BCUT2D eigenvalue weighted by Crippen LogP contribution is -2.45. The fraction of sp³-hybridized carbons (Fsp3) is 1.00. The lowest BCUT2D eigenvalue weighted by atomic mass is 9.64. The second-order valence-corrected chi connectivity index (χ2v) is 5.11. The van der Waals surface area contributed by atoms with Crippen molar-refractivity contribution in [2.75, 3.05) is 19.8 Å². The monoisotopic (exact) mass is 201 g/mol. The molecule has 1 heterocycles. The summed E-state index contributed by atoms with van der Waals surface area (Å²) in [4.78, 5) is 0. The molecule has 2 rings (SSSR count). The Morgan fingerprint density at radius 3 is 2.07 bits per heavy atom. The van der Waals surface area contributed by atoms with Gasteiger partial charge in [-0.1, -0.05) is 0 Å². The van der Waals surface area contributed by atoms with E-state index in [0.717, 1.165) is 25.9 Å². The molecule has 0 aromatic rings. The molecule has 2 aliphatic rings. The van der Waals surface area contributed by atoms with Crippen LogP contribution < -0.4 is 5.32 Å². The van der Waals surface area contributed by atoms with Gasteiger partial charge in [-0.25, -0.2) is 4.39 Å². The van der Waals surface area contributed by atoms with Gasteiger partial charge in [0.05, 0.1) is 5.60 Å². The summed E-state index contributed by atoms with van der Waals surface area (Å²) in [6.07, 6.45) is 5.74. The van der Waals surface area contributed by atoms with Crippen molar-refractivity contribution in [1.29, 1.82) is 0 Å². The van der Waals surface area contributed by atoms with Gasteiger partial charge in [0, 0.05) is 0 Å². The summed E-state index contributed by atoms with van der Waals surface area (Å²) in [5, 5.41) is 13.2. The van der Waals surface area contributed by atoms with Crippen LogP contribution in [0.4, 0.5) is 4.39 Å². The summed E-state index contributed by atoms with van der Waals surface area (Å²) in [6.45, 7) is 1.61. The van der Waals surface area contributed by atoms with Crippen molar-refractivity contribution in [3.05, 3.63) is 0 Å². The Morgan fingerprint density at radius 2 is 1.57 bits per heavy atom. The van der Waals surface area contributed by atoms with Gasteiger partial charge < -0.3 is 10.4 Å². The third kappa shape index (κ3) is 1.94. The van der Waals surface area contributed by atoms with Gasteiger partial charge in [0.1, 0.15) is 6.67 Å². The van der Waals surface area contributed by atoms with Gasteiger partial charge in [-0.3, -0.25) is 0 Å². The molecule has 0 unspecified atom stereocenters. The van der Waals surface area contributed by atoms with Crippen molar-refractivity contribution >= 4 is 0 Å². The Morgan fingerprint density at radius 1 is 1.00 bits per heavy atom. The van der Waals surface area contributed by atoms with Crippen LogP contribution in [0.1, 0.15) is 38.5 Å². The summed E-state index contributed by atoms with van der Waals surface area (Å²) >= 11 is 0. The molecule has 1 saturated heterocycles. The van der Waals surface area contributed by atoms with Crippen molar-refractivity contribution in [2.45, 2.75) is 44.1 Å². The van der Waals surface area contributed by atoms with Crippen molar-refractivity contribution in [3.63, 3.8) is 0 Å². The minimum absolute atomic E-state index is 0.423. The number of rotatable bonds is 1. The topological polar surface area (TPSA) is 32.3 Å². The highest BCUT2D eigenvalue weighted by Gasteiger charge is 2.41. The second-order valence-electron chi connectivity index (χ2n) is 5.11. The van der Waals surface area contributed by atoms with E-state index in [1.165, 1.54) is 12.8 Å². The molecule has 0 bridgehead atoms. The zero-order valence-corrected chi connectivity index (χ0v) is 8.69. The van der Waals surface area contributed by atoms with Gasteiger partial charge in [-0.2, -0.15) is 0 Å². The lowest BCUT2D eigenvalue weighted by Gasteiger charge is -2.45. The van der Waals surface area contributed by atoms with E-state index in [-0.39, 0.29) is 0 Å². The van der Waals surface area contributed by atoms with Crippen LogP contribution in [-0.2, 0) is 0 Å². The molecular formula is C11H20FNO. The average Bonchev–Trinajstić information content (AvgIpc) is 2.25. The largest absolute Gasteiger partial charge is 0.387 e. The highest BCUT2D eigenvalue weighted by molar-refractivity contribution is 4.94. The molecule has 3 heteroatoms. The molecule has 2 N–H and O–H groups in total. The molecule has 14 heavy (non-hydrogen) atoms. The van der Waals surface area contributed by atoms with E-state index in [1.807, 2.05) is 0 Å². The molecule has 2 nitrogen and oxygen atoms in total. The summed E-state index contributed by atoms with van der Waals surface area (Å²) in [5.41, 5.74) is -0.567. The van der Waals surface area contributed by atoms with Crippen LogP contribution in [0.25, 0.3) is 0 Å². The first-order valence-corrected chi connectivity index (χ1v) is 5.67. The molecule has 0 aromatic carbocycles. The minimum atomic E-state index is -0.990. The van der Waals surface area contributed by atoms with E-state index in [2.05, 4.69) is 5.32 Å². The number of piperidine rings is 1. The summed E-state index contributed by atoms with van der Waals surface area (Å²) < 4.78 is 12.6. The zero-order chi connectivity index (χ0) is 10.1. The molecule has 1 spiro atoms. The summed E-state index contributed by atoms with van der Waals surface area (Å²) in [5.74, 6) is 0. The average molecular weight is 201 g/mol.